The van der Waals surface area contributed by atoms with Crippen LogP contribution in [0.15, 0.2) is 18.2 Å². The number of carbonyl (C=O) groups is 3. The van der Waals surface area contributed by atoms with Gasteiger partial charge in [0.25, 0.3) is 5.91 Å². The number of nitrogens with two attached hydrogens (primary N) is 1. The molecule has 1 aromatic carbocycles. The first-order valence-electron chi connectivity index (χ1n) is 9.74. The summed E-state index contributed by atoms with van der Waals surface area (Å²) in [6.45, 7) is 2.35. The third kappa shape index (κ3) is 3.32. The van der Waals surface area contributed by atoms with Crippen molar-refractivity contribution in [3.05, 3.63) is 34.9 Å². The highest BCUT2D eigenvalue weighted by Gasteiger charge is 2.40. The number of rotatable bonds is 5. The highest BCUT2D eigenvalue weighted by atomic mass is 16.5. The largest absolute Gasteiger partial charge is 0.380 e. The fourth-order valence-corrected chi connectivity index (χ4v) is 4.59. The first-order chi connectivity index (χ1) is 13.5. The predicted octanol–water partition coefficient (Wildman–Crippen LogP) is -0.00440. The number of piperidine rings is 1. The second-order valence-electron chi connectivity index (χ2n) is 7.76. The van der Waals surface area contributed by atoms with Crippen LogP contribution in [0.2, 0.25) is 0 Å². The van der Waals surface area contributed by atoms with Crippen LogP contribution in [-0.2, 0) is 27.4 Å². The number of fused-ring (bicyclic) bond motifs is 1. The van der Waals surface area contributed by atoms with Gasteiger partial charge in [0.1, 0.15) is 6.04 Å². The van der Waals surface area contributed by atoms with Crippen LogP contribution in [0.4, 0.5) is 0 Å². The van der Waals surface area contributed by atoms with E-state index < -0.39 is 6.04 Å². The molecule has 0 saturated carbocycles. The Balaban J connectivity index is 1.55. The zero-order chi connectivity index (χ0) is 19.8. The van der Waals surface area contributed by atoms with Gasteiger partial charge in [0, 0.05) is 51.3 Å². The number of nitrogens with zero attached hydrogens (tertiary/aromatic N) is 2. The molecule has 0 radical (unpaired) electrons. The molecule has 0 aromatic heterocycles. The van der Waals surface area contributed by atoms with Crippen molar-refractivity contribution in [2.75, 3.05) is 20.2 Å². The van der Waals surface area contributed by atoms with E-state index in [0.29, 0.717) is 31.6 Å². The molecule has 4 rings (SSSR count). The molecule has 3 atom stereocenters. The van der Waals surface area contributed by atoms with E-state index in [2.05, 4.69) is 10.2 Å². The molecule has 150 valence electrons. The van der Waals surface area contributed by atoms with Gasteiger partial charge in [0.05, 0.1) is 6.10 Å². The Bertz CT molecular complexity index is 811. The lowest BCUT2D eigenvalue weighted by Gasteiger charge is -2.29. The zero-order valence-electron chi connectivity index (χ0n) is 16.0. The molecule has 3 N–H and O–H groups in total. The summed E-state index contributed by atoms with van der Waals surface area (Å²) in [6.07, 6.45) is 1.67. The normalized spacial score (nSPS) is 28.0. The highest BCUT2D eigenvalue weighted by Crippen LogP contribution is 2.31. The lowest BCUT2D eigenvalue weighted by Crippen LogP contribution is -2.52. The number of likely N-dealkylation sites (tertiary alicyclic amines) is 1. The standard InChI is InChI=1S/C20H26N4O4/c1-28-15-7-14(8-21)23(11-15)9-12-3-2-4-13-10-24(20(27)18(12)13)16-5-6-17(25)22-19(16)26/h2-4,14-16H,5-11,21H2,1H3,(H,22,25,26)/t14-,15+,16?/m0/s1. The molecular formula is C20H26N4O4. The maximum absolute atomic E-state index is 13.2. The Morgan fingerprint density at radius 2 is 2.11 bits per heavy atom. The maximum Gasteiger partial charge on any atom is 0.255 e. The number of hydrogen-bond donors (Lipinski definition) is 2. The van der Waals surface area contributed by atoms with E-state index in [9.17, 15) is 14.4 Å². The summed E-state index contributed by atoms with van der Waals surface area (Å²) in [5.41, 5.74) is 8.50. The summed E-state index contributed by atoms with van der Waals surface area (Å²) in [6, 6.07) is 5.50. The molecule has 2 fully saturated rings. The number of hydrogen-bond acceptors (Lipinski definition) is 6. The van der Waals surface area contributed by atoms with E-state index in [0.717, 1.165) is 24.1 Å². The first-order valence-corrected chi connectivity index (χ1v) is 9.74. The minimum Gasteiger partial charge on any atom is -0.380 e. The Kier molecular flexibility index (Phi) is 5.18. The van der Waals surface area contributed by atoms with E-state index in [-0.39, 0.29) is 36.3 Å². The molecule has 3 heterocycles. The number of methoxy groups -OCH3 is 1. The van der Waals surface area contributed by atoms with Crippen molar-refractivity contribution >= 4 is 17.7 Å². The van der Waals surface area contributed by atoms with Crippen LogP contribution < -0.4 is 11.1 Å². The SMILES string of the molecule is CO[C@@H]1C[C@@H](CN)N(Cc2cccc3c2C(=O)N(C2CCC(=O)NC2=O)C3)C1. The fraction of sp³-hybridized carbons (Fsp3) is 0.550. The molecular weight excluding hydrogens is 360 g/mol. The second-order valence-corrected chi connectivity index (χ2v) is 7.76. The minimum absolute atomic E-state index is 0.133. The fourth-order valence-electron chi connectivity index (χ4n) is 4.59. The van der Waals surface area contributed by atoms with Gasteiger partial charge in [-0.15, -0.1) is 0 Å². The summed E-state index contributed by atoms with van der Waals surface area (Å²) < 4.78 is 5.50. The minimum atomic E-state index is -0.591. The second kappa shape index (κ2) is 7.62. The zero-order valence-corrected chi connectivity index (χ0v) is 16.0. The summed E-state index contributed by atoms with van der Waals surface area (Å²) in [4.78, 5) is 40.7. The lowest BCUT2D eigenvalue weighted by molar-refractivity contribution is -0.136. The third-order valence-corrected chi connectivity index (χ3v) is 6.11. The number of ether oxygens (including phenoxy) is 1. The average molecular weight is 386 g/mol. The van der Waals surface area contributed by atoms with Crippen molar-refractivity contribution in [1.29, 1.82) is 0 Å². The van der Waals surface area contributed by atoms with Crippen molar-refractivity contribution in [3.8, 4) is 0 Å². The van der Waals surface area contributed by atoms with Crippen LogP contribution in [0.5, 0.6) is 0 Å². The molecule has 0 aliphatic carbocycles. The van der Waals surface area contributed by atoms with Gasteiger partial charge < -0.3 is 15.4 Å². The van der Waals surface area contributed by atoms with Gasteiger partial charge in [0.2, 0.25) is 11.8 Å². The summed E-state index contributed by atoms with van der Waals surface area (Å²) in [5.74, 6) is -0.794. The van der Waals surface area contributed by atoms with Gasteiger partial charge in [-0.2, -0.15) is 0 Å². The maximum atomic E-state index is 13.2. The smallest absolute Gasteiger partial charge is 0.255 e. The molecule has 2 saturated heterocycles. The molecule has 8 heteroatoms. The summed E-state index contributed by atoms with van der Waals surface area (Å²) in [7, 11) is 1.71. The molecule has 28 heavy (non-hydrogen) atoms. The predicted molar refractivity (Wildman–Crippen MR) is 101 cm³/mol. The summed E-state index contributed by atoms with van der Waals surface area (Å²) >= 11 is 0. The van der Waals surface area contributed by atoms with Crippen LogP contribution in [0.25, 0.3) is 0 Å². The van der Waals surface area contributed by atoms with Crippen LogP contribution in [-0.4, -0.2) is 65.9 Å². The molecule has 3 aliphatic heterocycles. The molecule has 1 aromatic rings. The molecule has 0 bridgehead atoms. The molecule has 0 spiro atoms. The Morgan fingerprint density at radius 1 is 1.29 bits per heavy atom. The van der Waals surface area contributed by atoms with Crippen molar-refractivity contribution < 1.29 is 19.1 Å². The van der Waals surface area contributed by atoms with Crippen molar-refractivity contribution in [1.82, 2.24) is 15.1 Å². The Morgan fingerprint density at radius 3 is 2.82 bits per heavy atom. The van der Waals surface area contributed by atoms with E-state index in [1.165, 1.54) is 0 Å². The quantitative estimate of drug-likeness (QED) is 0.690. The number of carbonyl (C=O) groups excluding carboxylic acids is 3. The van der Waals surface area contributed by atoms with Gasteiger partial charge in [-0.3, -0.25) is 24.6 Å². The Labute approximate surface area is 164 Å². The number of nitrogens with one attached hydrogen (secondary N) is 1. The van der Waals surface area contributed by atoms with Crippen LogP contribution in [0.3, 0.4) is 0 Å². The number of benzene rings is 1. The third-order valence-electron chi connectivity index (χ3n) is 6.11. The van der Waals surface area contributed by atoms with Crippen molar-refractivity contribution in [2.45, 2.75) is 50.5 Å². The van der Waals surface area contributed by atoms with E-state index in [4.69, 9.17) is 10.5 Å². The van der Waals surface area contributed by atoms with E-state index in [1.807, 2.05) is 18.2 Å². The van der Waals surface area contributed by atoms with Crippen LogP contribution in [0.1, 0.15) is 40.7 Å². The average Bonchev–Trinajstić information content (AvgIpc) is 3.23. The molecule has 3 amide bonds. The first kappa shape index (κ1) is 19.0. The monoisotopic (exact) mass is 386 g/mol. The molecule has 8 nitrogen and oxygen atoms in total. The summed E-state index contributed by atoms with van der Waals surface area (Å²) in [5, 5.41) is 2.34. The lowest BCUT2D eigenvalue weighted by atomic mass is 10.0. The highest BCUT2D eigenvalue weighted by molar-refractivity contribution is 6.05. The Hall–Kier alpha value is -2.29. The van der Waals surface area contributed by atoms with Crippen molar-refractivity contribution in [3.63, 3.8) is 0 Å². The van der Waals surface area contributed by atoms with Gasteiger partial charge in [0.15, 0.2) is 0 Å². The van der Waals surface area contributed by atoms with Crippen molar-refractivity contribution in [2.24, 2.45) is 5.73 Å². The topological polar surface area (TPSA) is 105 Å². The van der Waals surface area contributed by atoms with E-state index >= 15 is 0 Å². The van der Waals surface area contributed by atoms with Crippen LogP contribution in [0, 0.1) is 0 Å². The van der Waals surface area contributed by atoms with Gasteiger partial charge >= 0.3 is 0 Å². The van der Waals surface area contributed by atoms with Gasteiger partial charge in [-0.05, 0) is 24.0 Å². The van der Waals surface area contributed by atoms with Gasteiger partial charge in [-0.1, -0.05) is 18.2 Å². The van der Waals surface area contributed by atoms with E-state index in [1.54, 1.807) is 12.0 Å². The number of imide groups is 1. The molecule has 1 unspecified atom stereocenters. The van der Waals surface area contributed by atoms with Gasteiger partial charge in [-0.25, -0.2) is 0 Å². The number of amides is 3. The molecule has 3 aliphatic rings. The van der Waals surface area contributed by atoms with Crippen LogP contribution >= 0.6 is 0 Å².